The van der Waals surface area contributed by atoms with Gasteiger partial charge in [0.05, 0.1) is 12.9 Å². The Morgan fingerprint density at radius 2 is 2.28 bits per heavy atom. The number of hydrogen-bond acceptors (Lipinski definition) is 4. The first-order valence-corrected chi connectivity index (χ1v) is 6.72. The van der Waals surface area contributed by atoms with Gasteiger partial charge in [0, 0.05) is 31.4 Å². The van der Waals surface area contributed by atoms with Gasteiger partial charge in [0.15, 0.2) is 5.69 Å². The van der Waals surface area contributed by atoms with Gasteiger partial charge >= 0.3 is 5.97 Å². The molecule has 0 spiro atoms. The lowest BCUT2D eigenvalue weighted by Crippen LogP contribution is -2.23. The zero-order valence-corrected chi connectivity index (χ0v) is 10.7. The number of likely N-dealkylation sites (tertiary alicyclic amines) is 1. The van der Waals surface area contributed by atoms with Gasteiger partial charge in [-0.15, -0.1) is 0 Å². The molecule has 1 saturated heterocycles. The summed E-state index contributed by atoms with van der Waals surface area (Å²) in [6, 6.07) is 1.28. The molecule has 1 aromatic heterocycles. The number of nitrogens with zero attached hydrogens (tertiary/aromatic N) is 3. The summed E-state index contributed by atoms with van der Waals surface area (Å²) in [5.74, 6) is -0.326. The first-order valence-electron chi connectivity index (χ1n) is 6.72. The molecule has 0 aromatic carbocycles. The number of ether oxygens (including phenoxy) is 1. The average molecular weight is 249 g/mol. The molecule has 2 aliphatic rings. The number of esters is 1. The molecule has 1 aliphatic carbocycles. The van der Waals surface area contributed by atoms with Gasteiger partial charge in [-0.3, -0.25) is 4.90 Å². The van der Waals surface area contributed by atoms with Crippen LogP contribution < -0.4 is 0 Å². The van der Waals surface area contributed by atoms with Crippen molar-refractivity contribution in [2.75, 3.05) is 19.7 Å². The van der Waals surface area contributed by atoms with Gasteiger partial charge in [0.1, 0.15) is 0 Å². The smallest absolute Gasteiger partial charge is 0.358 e. The number of rotatable bonds is 4. The lowest BCUT2D eigenvalue weighted by molar-refractivity contribution is 0.0520. The second kappa shape index (κ2) is 4.72. The number of carbonyl (C=O) groups is 1. The van der Waals surface area contributed by atoms with E-state index in [1.54, 1.807) is 13.3 Å². The third kappa shape index (κ3) is 2.27. The molecule has 1 atom stereocenters. The summed E-state index contributed by atoms with van der Waals surface area (Å²) >= 11 is 0. The molecular formula is C13H19N3O2. The van der Waals surface area contributed by atoms with Crippen LogP contribution >= 0.6 is 0 Å². The summed E-state index contributed by atoms with van der Waals surface area (Å²) in [4.78, 5) is 18.2. The van der Waals surface area contributed by atoms with Crippen molar-refractivity contribution in [1.82, 2.24) is 14.5 Å². The van der Waals surface area contributed by atoms with Gasteiger partial charge in [-0.2, -0.15) is 0 Å². The molecule has 3 rings (SSSR count). The first-order chi connectivity index (χ1) is 8.78. The fourth-order valence-electron chi connectivity index (χ4n) is 2.63. The summed E-state index contributed by atoms with van der Waals surface area (Å²) in [6.45, 7) is 4.45. The van der Waals surface area contributed by atoms with E-state index in [0.29, 0.717) is 18.3 Å². The lowest BCUT2D eigenvalue weighted by Gasteiger charge is -2.15. The molecule has 5 nitrogen and oxygen atoms in total. The quantitative estimate of drug-likeness (QED) is 0.758. The molecule has 1 saturated carbocycles. The molecule has 0 N–H and O–H groups in total. The Hall–Kier alpha value is -1.36. The van der Waals surface area contributed by atoms with E-state index in [1.807, 2.05) is 6.20 Å². The normalized spacial score (nSPS) is 24.4. The third-order valence-corrected chi connectivity index (χ3v) is 3.77. The zero-order chi connectivity index (χ0) is 12.5. The van der Waals surface area contributed by atoms with Crippen molar-refractivity contribution in [3.63, 3.8) is 0 Å². The standard InChI is InChI=1S/C13H19N3O2/c1-2-18-13(17)12-8-16(9-14-12)11-5-6-15(7-11)10-3-4-10/h8-11H,2-7H2,1H3. The van der Waals surface area contributed by atoms with Crippen molar-refractivity contribution in [3.05, 3.63) is 18.2 Å². The van der Waals surface area contributed by atoms with E-state index in [9.17, 15) is 4.79 Å². The second-order valence-corrected chi connectivity index (χ2v) is 5.10. The largest absolute Gasteiger partial charge is 0.461 e. The topological polar surface area (TPSA) is 47.4 Å². The van der Waals surface area contributed by atoms with Gasteiger partial charge in [-0.25, -0.2) is 9.78 Å². The van der Waals surface area contributed by atoms with E-state index in [4.69, 9.17) is 4.74 Å². The van der Waals surface area contributed by atoms with Crippen LogP contribution in [0.4, 0.5) is 0 Å². The van der Waals surface area contributed by atoms with E-state index >= 15 is 0 Å². The van der Waals surface area contributed by atoms with Crippen LogP contribution in [0.5, 0.6) is 0 Å². The SMILES string of the molecule is CCOC(=O)c1cn(C2CCN(C3CC3)C2)cn1. The molecule has 1 aliphatic heterocycles. The van der Waals surface area contributed by atoms with E-state index < -0.39 is 0 Å². The van der Waals surface area contributed by atoms with Crippen LogP contribution in [0, 0.1) is 0 Å². The Morgan fingerprint density at radius 1 is 1.44 bits per heavy atom. The van der Waals surface area contributed by atoms with Crippen molar-refractivity contribution >= 4 is 5.97 Å². The molecular weight excluding hydrogens is 230 g/mol. The third-order valence-electron chi connectivity index (χ3n) is 3.77. The fourth-order valence-corrected chi connectivity index (χ4v) is 2.63. The summed E-state index contributed by atoms with van der Waals surface area (Å²) in [5, 5.41) is 0. The number of imidazole rings is 1. The number of aromatic nitrogens is 2. The molecule has 0 bridgehead atoms. The highest BCUT2D eigenvalue weighted by molar-refractivity contribution is 5.86. The Morgan fingerprint density at radius 3 is 3.00 bits per heavy atom. The van der Waals surface area contributed by atoms with Gasteiger partial charge in [0.2, 0.25) is 0 Å². The van der Waals surface area contributed by atoms with Crippen LogP contribution in [0.2, 0.25) is 0 Å². The molecule has 1 unspecified atom stereocenters. The van der Waals surface area contributed by atoms with E-state index in [1.165, 1.54) is 19.4 Å². The van der Waals surface area contributed by atoms with E-state index in [2.05, 4.69) is 14.5 Å². The molecule has 0 amide bonds. The van der Waals surface area contributed by atoms with Gasteiger partial charge in [-0.05, 0) is 26.2 Å². The van der Waals surface area contributed by atoms with Crippen LogP contribution in [0.25, 0.3) is 0 Å². The van der Waals surface area contributed by atoms with Crippen molar-refractivity contribution < 1.29 is 9.53 Å². The average Bonchev–Trinajstić information content (AvgIpc) is 2.93. The fraction of sp³-hybridized carbons (Fsp3) is 0.692. The van der Waals surface area contributed by atoms with Gasteiger partial charge in [-0.1, -0.05) is 0 Å². The maximum absolute atomic E-state index is 11.5. The highest BCUT2D eigenvalue weighted by Gasteiger charge is 2.35. The Balaban J connectivity index is 1.64. The van der Waals surface area contributed by atoms with Crippen molar-refractivity contribution in [3.8, 4) is 0 Å². The summed E-state index contributed by atoms with van der Waals surface area (Å²) < 4.78 is 7.01. The van der Waals surface area contributed by atoms with Crippen LogP contribution in [0.1, 0.15) is 42.7 Å². The van der Waals surface area contributed by atoms with Crippen molar-refractivity contribution in [1.29, 1.82) is 0 Å². The summed E-state index contributed by atoms with van der Waals surface area (Å²) in [7, 11) is 0. The van der Waals surface area contributed by atoms with Crippen LogP contribution in [0.3, 0.4) is 0 Å². The van der Waals surface area contributed by atoms with Crippen LogP contribution in [-0.4, -0.2) is 46.2 Å². The Bertz CT molecular complexity index is 439. The maximum Gasteiger partial charge on any atom is 0.358 e. The number of hydrogen-bond donors (Lipinski definition) is 0. The van der Waals surface area contributed by atoms with E-state index in [-0.39, 0.29) is 5.97 Å². The van der Waals surface area contributed by atoms with Gasteiger partial charge in [0.25, 0.3) is 0 Å². The zero-order valence-electron chi connectivity index (χ0n) is 10.7. The molecule has 0 radical (unpaired) electrons. The Kier molecular flexibility index (Phi) is 3.07. The molecule has 2 heterocycles. The molecule has 5 heteroatoms. The van der Waals surface area contributed by atoms with Crippen molar-refractivity contribution in [2.45, 2.75) is 38.3 Å². The van der Waals surface area contributed by atoms with Crippen LogP contribution in [-0.2, 0) is 4.74 Å². The van der Waals surface area contributed by atoms with Crippen LogP contribution in [0.15, 0.2) is 12.5 Å². The summed E-state index contributed by atoms with van der Waals surface area (Å²) in [5.41, 5.74) is 0.418. The van der Waals surface area contributed by atoms with E-state index in [0.717, 1.165) is 19.0 Å². The predicted molar refractivity (Wildman–Crippen MR) is 66.4 cm³/mol. The molecule has 2 fully saturated rings. The first kappa shape index (κ1) is 11.7. The van der Waals surface area contributed by atoms with Crippen molar-refractivity contribution in [2.24, 2.45) is 0 Å². The molecule has 18 heavy (non-hydrogen) atoms. The maximum atomic E-state index is 11.5. The highest BCUT2D eigenvalue weighted by Crippen LogP contribution is 2.33. The van der Waals surface area contributed by atoms with Gasteiger partial charge < -0.3 is 9.30 Å². The lowest BCUT2D eigenvalue weighted by atomic mass is 10.2. The predicted octanol–water partition coefficient (Wildman–Crippen LogP) is 1.47. The molecule has 1 aromatic rings. The highest BCUT2D eigenvalue weighted by atomic mass is 16.5. The number of carbonyl (C=O) groups excluding carboxylic acids is 1. The monoisotopic (exact) mass is 249 g/mol. The Labute approximate surface area is 107 Å². The second-order valence-electron chi connectivity index (χ2n) is 5.10. The minimum Gasteiger partial charge on any atom is -0.461 e. The summed E-state index contributed by atoms with van der Waals surface area (Å²) in [6.07, 6.45) is 7.43. The molecule has 98 valence electrons. The minimum absolute atomic E-state index is 0.326. The minimum atomic E-state index is -0.326.